The van der Waals surface area contributed by atoms with Gasteiger partial charge < -0.3 is 0 Å². The first-order valence-corrected chi connectivity index (χ1v) is 9.56. The zero-order valence-corrected chi connectivity index (χ0v) is 15.0. The summed E-state index contributed by atoms with van der Waals surface area (Å²) in [6.45, 7) is 0. The van der Waals surface area contributed by atoms with Crippen molar-refractivity contribution in [2.45, 2.75) is 23.8 Å². The minimum atomic E-state index is -3.82. The van der Waals surface area contributed by atoms with Gasteiger partial charge in [-0.2, -0.15) is 0 Å². The number of halogens is 1. The van der Waals surface area contributed by atoms with Crippen LogP contribution in [0.15, 0.2) is 47.5 Å². The fourth-order valence-electron chi connectivity index (χ4n) is 2.08. The number of carbonyl (C=O) groups excluding carboxylic acids is 2. The molecule has 0 aliphatic heterocycles. The number of hydrogen-bond donors (Lipinski definition) is 3. The normalized spacial score (nSPS) is 13.9. The van der Waals surface area contributed by atoms with Crippen molar-refractivity contribution in [2.24, 2.45) is 0 Å². The highest BCUT2D eigenvalue weighted by molar-refractivity contribution is 7.89. The van der Waals surface area contributed by atoms with E-state index in [1.165, 1.54) is 24.4 Å². The number of rotatable bonds is 5. The van der Waals surface area contributed by atoms with Crippen LogP contribution in [0.4, 0.5) is 0 Å². The van der Waals surface area contributed by atoms with Crippen molar-refractivity contribution in [3.8, 4) is 0 Å². The van der Waals surface area contributed by atoms with E-state index >= 15 is 0 Å². The summed E-state index contributed by atoms with van der Waals surface area (Å²) >= 11 is 5.97. The zero-order valence-electron chi connectivity index (χ0n) is 13.4. The maximum Gasteiger partial charge on any atom is 0.288 e. The number of sulfonamides is 1. The maximum absolute atomic E-state index is 12.3. The predicted octanol–water partition coefficient (Wildman–Crippen LogP) is 1.25. The minimum Gasteiger partial charge on any atom is -0.267 e. The van der Waals surface area contributed by atoms with Crippen LogP contribution in [0.3, 0.4) is 0 Å². The van der Waals surface area contributed by atoms with Gasteiger partial charge in [-0.3, -0.25) is 25.4 Å². The monoisotopic (exact) mass is 394 g/mol. The fourth-order valence-corrected chi connectivity index (χ4v) is 3.91. The van der Waals surface area contributed by atoms with Gasteiger partial charge in [-0.05, 0) is 43.2 Å². The van der Waals surface area contributed by atoms with Gasteiger partial charge in [0.15, 0.2) is 0 Å². The molecule has 1 fully saturated rings. The Morgan fingerprint density at radius 2 is 1.81 bits per heavy atom. The minimum absolute atomic E-state index is 0.00669. The molecule has 2 amide bonds. The Bertz CT molecular complexity index is 946. The molecule has 0 saturated heterocycles. The summed E-state index contributed by atoms with van der Waals surface area (Å²) in [5.74, 6) is -1.29. The highest BCUT2D eigenvalue weighted by Gasteiger charge is 2.29. The van der Waals surface area contributed by atoms with Gasteiger partial charge >= 0.3 is 0 Å². The van der Waals surface area contributed by atoms with Crippen LogP contribution in [0.5, 0.6) is 0 Å². The molecule has 0 atom stereocenters. The van der Waals surface area contributed by atoms with Crippen LogP contribution in [0.1, 0.15) is 33.7 Å². The van der Waals surface area contributed by atoms with E-state index in [1.54, 1.807) is 12.1 Å². The highest BCUT2D eigenvalue weighted by atomic mass is 35.5. The lowest BCUT2D eigenvalue weighted by molar-refractivity contribution is 0.0844. The molecule has 10 heteroatoms. The smallest absolute Gasteiger partial charge is 0.267 e. The molecule has 2 aromatic rings. The van der Waals surface area contributed by atoms with Crippen molar-refractivity contribution >= 4 is 33.4 Å². The molecule has 26 heavy (non-hydrogen) atoms. The summed E-state index contributed by atoms with van der Waals surface area (Å²) in [6, 6.07) is 8.52. The van der Waals surface area contributed by atoms with Gasteiger partial charge in [-0.15, -0.1) is 0 Å². The van der Waals surface area contributed by atoms with Crippen molar-refractivity contribution in [3.05, 3.63) is 58.9 Å². The molecule has 3 rings (SSSR count). The number of nitrogens with zero attached hydrogens (tertiary/aromatic N) is 1. The summed E-state index contributed by atoms with van der Waals surface area (Å²) < 4.78 is 27.2. The molecule has 1 heterocycles. The third kappa shape index (κ3) is 4.37. The van der Waals surface area contributed by atoms with Crippen molar-refractivity contribution in [1.82, 2.24) is 20.6 Å². The van der Waals surface area contributed by atoms with Gasteiger partial charge in [-0.1, -0.05) is 17.7 Å². The molecule has 1 aromatic heterocycles. The average molecular weight is 395 g/mol. The second-order valence-corrected chi connectivity index (χ2v) is 7.75. The van der Waals surface area contributed by atoms with Crippen molar-refractivity contribution < 1.29 is 18.0 Å². The molecule has 1 saturated carbocycles. The lowest BCUT2D eigenvalue weighted by Gasteiger charge is -2.10. The van der Waals surface area contributed by atoms with Crippen molar-refractivity contribution in [2.75, 3.05) is 0 Å². The molecular formula is C16H15ClN4O4S. The second-order valence-electron chi connectivity index (χ2n) is 5.66. The van der Waals surface area contributed by atoms with Gasteiger partial charge in [-0.25, -0.2) is 13.1 Å². The summed E-state index contributed by atoms with van der Waals surface area (Å²) in [5, 5.41) is 0.00669. The molecule has 1 aromatic carbocycles. The number of aromatic nitrogens is 1. The van der Waals surface area contributed by atoms with E-state index < -0.39 is 21.8 Å². The molecule has 1 aliphatic rings. The molecule has 1 aliphatic carbocycles. The first-order chi connectivity index (χ1) is 12.4. The van der Waals surface area contributed by atoms with E-state index in [4.69, 9.17) is 11.6 Å². The lowest BCUT2D eigenvalue weighted by Crippen LogP contribution is -2.42. The van der Waals surface area contributed by atoms with Crippen molar-refractivity contribution in [1.29, 1.82) is 0 Å². The Morgan fingerprint density at radius 1 is 1.08 bits per heavy atom. The molecule has 8 nitrogen and oxygen atoms in total. The topological polar surface area (TPSA) is 117 Å². The Labute approximate surface area is 155 Å². The van der Waals surface area contributed by atoms with E-state index in [2.05, 4.69) is 20.6 Å². The van der Waals surface area contributed by atoms with Gasteiger partial charge in [0.2, 0.25) is 10.0 Å². The third-order valence-electron chi connectivity index (χ3n) is 3.57. The van der Waals surface area contributed by atoms with E-state index in [0.29, 0.717) is 0 Å². The first-order valence-electron chi connectivity index (χ1n) is 7.70. The van der Waals surface area contributed by atoms with Crippen LogP contribution in [-0.4, -0.2) is 31.3 Å². The molecule has 0 bridgehead atoms. The predicted molar refractivity (Wildman–Crippen MR) is 94.0 cm³/mol. The Morgan fingerprint density at radius 3 is 2.46 bits per heavy atom. The SMILES string of the molecule is O=C(NNC(=O)c1ccccn1)c1ccc(Cl)c(S(=O)(=O)NC2CC2)c1. The lowest BCUT2D eigenvalue weighted by atomic mass is 10.2. The average Bonchev–Trinajstić information content (AvgIpc) is 3.43. The summed E-state index contributed by atoms with van der Waals surface area (Å²) in [7, 11) is -3.82. The van der Waals surface area contributed by atoms with Crippen LogP contribution in [0, 0.1) is 0 Å². The number of amides is 2. The first kappa shape index (κ1) is 18.3. The molecule has 0 spiro atoms. The fraction of sp³-hybridized carbons (Fsp3) is 0.188. The number of pyridine rings is 1. The number of carbonyl (C=O) groups is 2. The molecule has 0 unspecified atom stereocenters. The van der Waals surface area contributed by atoms with Crippen LogP contribution in [-0.2, 0) is 10.0 Å². The van der Waals surface area contributed by atoms with E-state index in [0.717, 1.165) is 18.9 Å². The van der Waals surface area contributed by atoms with Crippen molar-refractivity contribution in [3.63, 3.8) is 0 Å². The Kier molecular flexibility index (Phi) is 5.21. The Hall–Kier alpha value is -2.49. The summed E-state index contributed by atoms with van der Waals surface area (Å²) in [5.41, 5.74) is 4.58. The van der Waals surface area contributed by atoms with Crippen LogP contribution in [0.25, 0.3) is 0 Å². The van der Waals surface area contributed by atoms with Crippen LogP contribution in [0.2, 0.25) is 5.02 Å². The van der Waals surface area contributed by atoms with Gasteiger partial charge in [0, 0.05) is 17.8 Å². The molecule has 3 N–H and O–H groups in total. The molecule has 0 radical (unpaired) electrons. The third-order valence-corrected chi connectivity index (χ3v) is 5.57. The van der Waals surface area contributed by atoms with Gasteiger partial charge in [0.05, 0.1) is 5.02 Å². The van der Waals surface area contributed by atoms with Gasteiger partial charge in [0.1, 0.15) is 10.6 Å². The summed E-state index contributed by atoms with van der Waals surface area (Å²) in [6.07, 6.45) is 2.99. The zero-order chi connectivity index (χ0) is 18.7. The number of nitrogens with one attached hydrogen (secondary N) is 3. The largest absolute Gasteiger partial charge is 0.288 e. The van der Waals surface area contributed by atoms with E-state index in [1.807, 2.05) is 0 Å². The number of hydrazine groups is 1. The van der Waals surface area contributed by atoms with Crippen LogP contribution >= 0.6 is 11.6 Å². The maximum atomic E-state index is 12.3. The second kappa shape index (κ2) is 7.40. The van der Waals surface area contributed by atoms with Gasteiger partial charge in [0.25, 0.3) is 11.8 Å². The molecule has 136 valence electrons. The quantitative estimate of drug-likeness (QED) is 0.660. The molecular weight excluding hydrogens is 380 g/mol. The summed E-state index contributed by atoms with van der Waals surface area (Å²) in [4.78, 5) is 27.7. The number of benzene rings is 1. The standard InChI is InChI=1S/C16H15ClN4O4S/c17-12-7-4-10(9-14(12)26(24,25)21-11-5-6-11)15(22)19-20-16(23)13-3-1-2-8-18-13/h1-4,7-9,11,21H,5-6H2,(H,19,22)(H,20,23). The highest BCUT2D eigenvalue weighted by Crippen LogP contribution is 2.26. The Balaban J connectivity index is 1.71. The van der Waals surface area contributed by atoms with E-state index in [9.17, 15) is 18.0 Å². The number of hydrogen-bond acceptors (Lipinski definition) is 5. The van der Waals surface area contributed by atoms with E-state index in [-0.39, 0.29) is 27.2 Å². The van der Waals surface area contributed by atoms with Crippen LogP contribution < -0.4 is 15.6 Å².